The van der Waals surface area contributed by atoms with Crippen molar-refractivity contribution in [1.29, 1.82) is 0 Å². The molecule has 1 aromatic rings. The maximum atomic E-state index is 11.8. The van der Waals surface area contributed by atoms with E-state index in [4.69, 9.17) is 11.2 Å². The van der Waals surface area contributed by atoms with Crippen LogP contribution in [0.25, 0.3) is 0 Å². The quantitative estimate of drug-likeness (QED) is 0.698. The van der Waals surface area contributed by atoms with E-state index in [1.54, 1.807) is 11.3 Å². The van der Waals surface area contributed by atoms with Gasteiger partial charge in [0, 0.05) is 6.61 Å². The van der Waals surface area contributed by atoms with Crippen LogP contribution in [-0.2, 0) is 16.1 Å². The van der Waals surface area contributed by atoms with Gasteiger partial charge in [0.15, 0.2) is 6.54 Å². The van der Waals surface area contributed by atoms with E-state index < -0.39 is 0 Å². The molecular weight excluding hydrogens is 272 g/mol. The Morgan fingerprint density at radius 3 is 3.20 bits per heavy atom. The molecule has 2 N–H and O–H groups in total. The molecule has 1 aliphatic heterocycles. The smallest absolute Gasteiger partial charge is 0.275 e. The third kappa shape index (κ3) is 4.97. The second kappa shape index (κ2) is 8.05. The molecule has 1 aliphatic rings. The Balaban J connectivity index is 1.88. The summed E-state index contributed by atoms with van der Waals surface area (Å²) < 4.78 is 5.68. The first-order valence-corrected chi connectivity index (χ1v) is 7.83. The molecule has 2 rings (SSSR count). The summed E-state index contributed by atoms with van der Waals surface area (Å²) in [6.45, 7) is 3.33. The molecule has 0 spiro atoms. The van der Waals surface area contributed by atoms with E-state index in [1.807, 2.05) is 6.07 Å². The van der Waals surface area contributed by atoms with Crippen LogP contribution >= 0.6 is 11.3 Å². The van der Waals surface area contributed by atoms with E-state index in [-0.39, 0.29) is 12.0 Å². The highest BCUT2D eigenvalue weighted by Crippen LogP contribution is 2.10. The molecule has 1 unspecified atom stereocenters. The van der Waals surface area contributed by atoms with Crippen LogP contribution in [0.5, 0.6) is 0 Å². The fourth-order valence-electron chi connectivity index (χ4n) is 2.43. The van der Waals surface area contributed by atoms with Crippen LogP contribution in [0.2, 0.25) is 0 Å². The zero-order valence-corrected chi connectivity index (χ0v) is 12.4. The zero-order chi connectivity index (χ0) is 14.2. The Labute approximate surface area is 124 Å². The van der Waals surface area contributed by atoms with Crippen LogP contribution in [0.3, 0.4) is 0 Å². The van der Waals surface area contributed by atoms with Gasteiger partial charge in [-0.05, 0) is 24.3 Å². The van der Waals surface area contributed by atoms with E-state index in [0.29, 0.717) is 13.1 Å². The molecule has 4 nitrogen and oxygen atoms in total. The number of terminal acetylenes is 1. The van der Waals surface area contributed by atoms with Gasteiger partial charge in [-0.1, -0.05) is 12.0 Å². The predicted molar refractivity (Wildman–Crippen MR) is 79.5 cm³/mol. The molecular formula is C15H21N2O2S+. The molecule has 0 bridgehead atoms. The van der Waals surface area contributed by atoms with Gasteiger partial charge in [0.2, 0.25) is 0 Å². The second-order valence-corrected chi connectivity index (χ2v) is 6.04. The van der Waals surface area contributed by atoms with Crippen LogP contribution < -0.4 is 10.2 Å². The molecule has 1 saturated heterocycles. The van der Waals surface area contributed by atoms with Gasteiger partial charge in [-0.15, -0.1) is 17.8 Å². The zero-order valence-electron chi connectivity index (χ0n) is 11.6. The fourth-order valence-corrected chi connectivity index (χ4v) is 3.21. The topological polar surface area (TPSA) is 42.8 Å². The Bertz CT molecular complexity index is 447. The minimum absolute atomic E-state index is 0.00695. The standard InChI is InChI=1S/C15H20N2O2S/c1-2-7-16-15(18)12-17(10-13-5-3-8-19-13)11-14-6-4-9-20-14/h1,4,6,9,13H,3,5,7-8,10-12H2,(H,16,18)/p+1/t13-/m1/s1. The third-order valence-electron chi connectivity index (χ3n) is 3.34. The molecule has 2 atom stereocenters. The van der Waals surface area contributed by atoms with Crippen LogP contribution in [0, 0.1) is 12.3 Å². The van der Waals surface area contributed by atoms with Crippen LogP contribution in [0.1, 0.15) is 17.7 Å². The minimum Gasteiger partial charge on any atom is -0.372 e. The van der Waals surface area contributed by atoms with Gasteiger partial charge in [0.25, 0.3) is 5.91 Å². The van der Waals surface area contributed by atoms with Crippen molar-refractivity contribution in [3.63, 3.8) is 0 Å². The van der Waals surface area contributed by atoms with Gasteiger partial charge in [-0.25, -0.2) is 0 Å². The molecule has 1 amide bonds. The summed E-state index contributed by atoms with van der Waals surface area (Å²) in [6, 6.07) is 4.15. The van der Waals surface area contributed by atoms with E-state index in [0.717, 1.165) is 32.5 Å². The Morgan fingerprint density at radius 2 is 2.55 bits per heavy atom. The summed E-state index contributed by atoms with van der Waals surface area (Å²) in [7, 11) is 0. The van der Waals surface area contributed by atoms with E-state index in [1.165, 1.54) is 9.78 Å². The van der Waals surface area contributed by atoms with Gasteiger partial charge >= 0.3 is 0 Å². The van der Waals surface area contributed by atoms with Crippen LogP contribution in [0.15, 0.2) is 17.5 Å². The number of nitrogens with one attached hydrogen (secondary N) is 2. The third-order valence-corrected chi connectivity index (χ3v) is 4.22. The predicted octanol–water partition coefficient (Wildman–Crippen LogP) is 0.0614. The maximum Gasteiger partial charge on any atom is 0.275 e. The number of carbonyl (C=O) groups excluding carboxylic acids is 1. The molecule has 108 valence electrons. The monoisotopic (exact) mass is 293 g/mol. The SMILES string of the molecule is C#CCNC(=O)C[NH+](Cc1cccs1)C[C@H]1CCCO1. The van der Waals surface area contributed by atoms with E-state index in [9.17, 15) is 4.79 Å². The molecule has 1 aromatic heterocycles. The molecule has 0 aromatic carbocycles. The summed E-state index contributed by atoms with van der Waals surface area (Å²) in [4.78, 5) is 14.4. The molecule has 0 saturated carbocycles. The number of hydrogen-bond donors (Lipinski definition) is 2. The Morgan fingerprint density at radius 1 is 1.65 bits per heavy atom. The first kappa shape index (κ1) is 15.0. The van der Waals surface area contributed by atoms with Crippen LogP contribution in [-0.4, -0.2) is 38.3 Å². The fraction of sp³-hybridized carbons (Fsp3) is 0.533. The average molecular weight is 293 g/mol. The van der Waals surface area contributed by atoms with Crippen molar-refractivity contribution < 1.29 is 14.4 Å². The molecule has 2 heterocycles. The highest BCUT2D eigenvalue weighted by Gasteiger charge is 2.24. The van der Waals surface area contributed by atoms with Gasteiger partial charge in [-0.3, -0.25) is 4.79 Å². The highest BCUT2D eigenvalue weighted by atomic mass is 32.1. The lowest BCUT2D eigenvalue weighted by Gasteiger charge is -2.21. The van der Waals surface area contributed by atoms with Gasteiger partial charge in [-0.2, -0.15) is 0 Å². The van der Waals surface area contributed by atoms with Crippen molar-refractivity contribution in [3.05, 3.63) is 22.4 Å². The first-order chi connectivity index (χ1) is 9.78. The maximum absolute atomic E-state index is 11.8. The number of carbonyl (C=O) groups is 1. The summed E-state index contributed by atoms with van der Waals surface area (Å²) >= 11 is 1.73. The summed E-state index contributed by atoms with van der Waals surface area (Å²) in [6.07, 6.45) is 7.66. The number of hydrogen-bond acceptors (Lipinski definition) is 3. The molecule has 20 heavy (non-hydrogen) atoms. The normalized spacial score (nSPS) is 19.4. The second-order valence-electron chi connectivity index (χ2n) is 5.00. The highest BCUT2D eigenvalue weighted by molar-refractivity contribution is 7.09. The van der Waals surface area contributed by atoms with Gasteiger partial charge < -0.3 is 15.0 Å². The summed E-state index contributed by atoms with van der Waals surface area (Å²) in [5, 5.41) is 4.80. The van der Waals surface area contributed by atoms with E-state index in [2.05, 4.69) is 22.7 Å². The lowest BCUT2D eigenvalue weighted by Crippen LogP contribution is -3.13. The van der Waals surface area contributed by atoms with Crippen molar-refractivity contribution in [3.8, 4) is 12.3 Å². The number of thiophene rings is 1. The van der Waals surface area contributed by atoms with Gasteiger partial charge in [0.05, 0.1) is 11.4 Å². The number of quaternary nitrogens is 1. The van der Waals surface area contributed by atoms with Gasteiger partial charge in [0.1, 0.15) is 19.2 Å². The summed E-state index contributed by atoms with van der Waals surface area (Å²) in [5.41, 5.74) is 0. The molecule has 5 heteroatoms. The van der Waals surface area contributed by atoms with Crippen molar-refractivity contribution in [2.75, 3.05) is 26.2 Å². The number of ether oxygens (including phenoxy) is 1. The minimum atomic E-state index is 0.00695. The largest absolute Gasteiger partial charge is 0.372 e. The number of amides is 1. The lowest BCUT2D eigenvalue weighted by molar-refractivity contribution is -0.908. The van der Waals surface area contributed by atoms with E-state index >= 15 is 0 Å². The first-order valence-electron chi connectivity index (χ1n) is 6.95. The average Bonchev–Trinajstić information content (AvgIpc) is 3.09. The summed E-state index contributed by atoms with van der Waals surface area (Å²) in [5.74, 6) is 2.43. The van der Waals surface area contributed by atoms with Crippen molar-refractivity contribution in [2.45, 2.75) is 25.5 Å². The molecule has 0 radical (unpaired) electrons. The van der Waals surface area contributed by atoms with Crippen molar-refractivity contribution in [1.82, 2.24) is 5.32 Å². The molecule has 1 fully saturated rings. The lowest BCUT2D eigenvalue weighted by atomic mass is 10.2. The van der Waals surface area contributed by atoms with Crippen LogP contribution in [0.4, 0.5) is 0 Å². The van der Waals surface area contributed by atoms with Crippen molar-refractivity contribution in [2.24, 2.45) is 0 Å². The Hall–Kier alpha value is -1.35. The van der Waals surface area contributed by atoms with Crippen molar-refractivity contribution >= 4 is 17.2 Å². The number of rotatable bonds is 7. The molecule has 0 aliphatic carbocycles. The Kier molecular flexibility index (Phi) is 6.06.